The Morgan fingerprint density at radius 1 is 1.36 bits per heavy atom. The predicted octanol–water partition coefficient (Wildman–Crippen LogP) is 2.72. The van der Waals surface area contributed by atoms with Crippen molar-refractivity contribution in [2.24, 2.45) is 5.92 Å². The minimum Gasteiger partial charge on any atom is -0.497 e. The SMILES string of the molecule is COc1ccc(SC(=O)C2CC2)cc1. The molecule has 0 atom stereocenters. The largest absolute Gasteiger partial charge is 0.497 e. The summed E-state index contributed by atoms with van der Waals surface area (Å²) in [5.74, 6) is 1.15. The summed E-state index contributed by atoms with van der Waals surface area (Å²) < 4.78 is 5.04. The standard InChI is InChI=1S/C11H12O2S/c1-13-9-4-6-10(7-5-9)14-11(12)8-2-3-8/h4-8H,2-3H2,1H3. The molecule has 2 rings (SSSR count). The number of carbonyl (C=O) groups is 1. The molecular formula is C11H12O2S. The third kappa shape index (κ3) is 2.29. The molecule has 0 amide bonds. The first-order valence-electron chi connectivity index (χ1n) is 4.65. The lowest BCUT2D eigenvalue weighted by atomic mass is 10.3. The van der Waals surface area contributed by atoms with Crippen molar-refractivity contribution in [1.82, 2.24) is 0 Å². The van der Waals surface area contributed by atoms with Gasteiger partial charge in [0, 0.05) is 10.8 Å². The fraction of sp³-hybridized carbons (Fsp3) is 0.364. The second-order valence-electron chi connectivity index (χ2n) is 3.37. The highest BCUT2D eigenvalue weighted by Gasteiger charge is 2.29. The van der Waals surface area contributed by atoms with Crippen LogP contribution in [0.1, 0.15) is 12.8 Å². The molecule has 2 nitrogen and oxygen atoms in total. The quantitative estimate of drug-likeness (QED) is 0.714. The lowest BCUT2D eigenvalue weighted by Gasteiger charge is -2.01. The van der Waals surface area contributed by atoms with Crippen molar-refractivity contribution in [2.75, 3.05) is 7.11 Å². The van der Waals surface area contributed by atoms with E-state index < -0.39 is 0 Å². The highest BCUT2D eigenvalue weighted by atomic mass is 32.2. The van der Waals surface area contributed by atoms with Gasteiger partial charge in [0.15, 0.2) is 5.12 Å². The minimum atomic E-state index is 0.301. The molecule has 0 heterocycles. The van der Waals surface area contributed by atoms with Gasteiger partial charge in [-0.3, -0.25) is 4.79 Å². The Morgan fingerprint density at radius 3 is 2.50 bits per heavy atom. The van der Waals surface area contributed by atoms with Crippen LogP contribution in [-0.2, 0) is 4.79 Å². The zero-order chi connectivity index (χ0) is 9.97. The van der Waals surface area contributed by atoms with Crippen LogP contribution >= 0.6 is 11.8 Å². The second-order valence-corrected chi connectivity index (χ2v) is 4.45. The third-order valence-electron chi connectivity index (χ3n) is 2.19. The van der Waals surface area contributed by atoms with E-state index in [0.29, 0.717) is 11.0 Å². The molecule has 1 fully saturated rings. The van der Waals surface area contributed by atoms with Gasteiger partial charge in [-0.2, -0.15) is 0 Å². The van der Waals surface area contributed by atoms with Crippen LogP contribution in [0.15, 0.2) is 29.2 Å². The Hall–Kier alpha value is -0.960. The van der Waals surface area contributed by atoms with Gasteiger partial charge in [0.2, 0.25) is 0 Å². The van der Waals surface area contributed by atoms with Gasteiger partial charge in [-0.25, -0.2) is 0 Å². The lowest BCUT2D eigenvalue weighted by molar-refractivity contribution is -0.112. The number of thioether (sulfide) groups is 1. The molecule has 1 aromatic carbocycles. The van der Waals surface area contributed by atoms with Crippen LogP contribution < -0.4 is 4.74 Å². The summed E-state index contributed by atoms with van der Waals surface area (Å²) in [6, 6.07) is 7.60. The molecule has 0 bridgehead atoms. The van der Waals surface area contributed by atoms with Crippen LogP contribution in [0.2, 0.25) is 0 Å². The summed E-state index contributed by atoms with van der Waals surface area (Å²) in [5, 5.41) is 0.301. The maximum Gasteiger partial charge on any atom is 0.196 e. The minimum absolute atomic E-state index is 0.301. The molecule has 3 heteroatoms. The maximum absolute atomic E-state index is 11.5. The normalized spacial score (nSPS) is 15.2. The smallest absolute Gasteiger partial charge is 0.196 e. The van der Waals surface area contributed by atoms with Gasteiger partial charge < -0.3 is 4.74 Å². The van der Waals surface area contributed by atoms with E-state index in [9.17, 15) is 4.79 Å². The van der Waals surface area contributed by atoms with Crippen LogP contribution in [0.4, 0.5) is 0 Å². The Kier molecular flexibility index (Phi) is 2.77. The summed E-state index contributed by atoms with van der Waals surface area (Å²) in [6.07, 6.45) is 2.14. The van der Waals surface area contributed by atoms with E-state index in [2.05, 4.69) is 0 Å². The van der Waals surface area contributed by atoms with E-state index in [-0.39, 0.29) is 0 Å². The van der Waals surface area contributed by atoms with Crippen LogP contribution in [0, 0.1) is 5.92 Å². The van der Waals surface area contributed by atoms with Crippen LogP contribution in [-0.4, -0.2) is 12.2 Å². The van der Waals surface area contributed by atoms with Crippen molar-refractivity contribution in [3.8, 4) is 5.75 Å². The summed E-state index contributed by atoms with van der Waals surface area (Å²) in [5.41, 5.74) is 0. The molecular weight excluding hydrogens is 196 g/mol. The third-order valence-corrected chi connectivity index (χ3v) is 3.23. The second kappa shape index (κ2) is 4.05. The average Bonchev–Trinajstić information content (AvgIpc) is 3.02. The van der Waals surface area contributed by atoms with E-state index in [1.165, 1.54) is 11.8 Å². The first kappa shape index (κ1) is 9.59. The lowest BCUT2D eigenvalue weighted by Crippen LogP contribution is -1.92. The Morgan fingerprint density at radius 2 is 2.00 bits per heavy atom. The average molecular weight is 208 g/mol. The topological polar surface area (TPSA) is 26.3 Å². The van der Waals surface area contributed by atoms with E-state index in [4.69, 9.17) is 4.74 Å². The highest BCUT2D eigenvalue weighted by molar-refractivity contribution is 8.13. The van der Waals surface area contributed by atoms with Crippen LogP contribution in [0.25, 0.3) is 0 Å². The summed E-state index contributed by atoms with van der Waals surface area (Å²) >= 11 is 1.34. The Bertz CT molecular complexity index is 328. The molecule has 0 saturated heterocycles. The zero-order valence-electron chi connectivity index (χ0n) is 8.03. The molecule has 1 saturated carbocycles. The van der Waals surface area contributed by atoms with Gasteiger partial charge in [0.1, 0.15) is 5.75 Å². The van der Waals surface area contributed by atoms with Crippen molar-refractivity contribution in [3.63, 3.8) is 0 Å². The van der Waals surface area contributed by atoms with Crippen LogP contribution in [0.5, 0.6) is 5.75 Å². The van der Waals surface area contributed by atoms with Crippen molar-refractivity contribution in [2.45, 2.75) is 17.7 Å². The first-order chi connectivity index (χ1) is 6.79. The van der Waals surface area contributed by atoms with Gasteiger partial charge >= 0.3 is 0 Å². The summed E-state index contributed by atoms with van der Waals surface area (Å²) in [6.45, 7) is 0. The number of hydrogen-bond donors (Lipinski definition) is 0. The Balaban J connectivity index is 1.98. The van der Waals surface area contributed by atoms with Crippen molar-refractivity contribution in [1.29, 1.82) is 0 Å². The molecule has 0 unspecified atom stereocenters. The van der Waals surface area contributed by atoms with Gasteiger partial charge in [-0.05, 0) is 37.1 Å². The molecule has 14 heavy (non-hydrogen) atoms. The zero-order valence-corrected chi connectivity index (χ0v) is 8.84. The van der Waals surface area contributed by atoms with Gasteiger partial charge in [-0.1, -0.05) is 11.8 Å². The van der Waals surface area contributed by atoms with E-state index in [1.54, 1.807) is 7.11 Å². The number of benzene rings is 1. The fourth-order valence-corrected chi connectivity index (χ4v) is 2.07. The number of rotatable bonds is 3. The Labute approximate surface area is 87.6 Å². The van der Waals surface area contributed by atoms with Gasteiger partial charge in [0.05, 0.1) is 7.11 Å². The van der Waals surface area contributed by atoms with E-state index in [1.807, 2.05) is 24.3 Å². The van der Waals surface area contributed by atoms with E-state index in [0.717, 1.165) is 23.5 Å². The molecule has 0 spiro atoms. The molecule has 74 valence electrons. The predicted molar refractivity (Wildman–Crippen MR) is 56.6 cm³/mol. The number of carbonyl (C=O) groups excluding carboxylic acids is 1. The molecule has 1 aliphatic rings. The van der Waals surface area contributed by atoms with Gasteiger partial charge in [-0.15, -0.1) is 0 Å². The van der Waals surface area contributed by atoms with Crippen LogP contribution in [0.3, 0.4) is 0 Å². The number of ether oxygens (including phenoxy) is 1. The first-order valence-corrected chi connectivity index (χ1v) is 5.47. The fourth-order valence-electron chi connectivity index (χ4n) is 1.16. The number of hydrogen-bond acceptors (Lipinski definition) is 3. The van der Waals surface area contributed by atoms with Crippen molar-refractivity contribution in [3.05, 3.63) is 24.3 Å². The maximum atomic E-state index is 11.5. The van der Waals surface area contributed by atoms with E-state index >= 15 is 0 Å². The molecule has 0 aliphatic heterocycles. The van der Waals surface area contributed by atoms with Crippen molar-refractivity contribution < 1.29 is 9.53 Å². The molecule has 0 N–H and O–H groups in total. The summed E-state index contributed by atoms with van der Waals surface area (Å²) in [4.78, 5) is 12.5. The monoisotopic (exact) mass is 208 g/mol. The van der Waals surface area contributed by atoms with Crippen molar-refractivity contribution >= 4 is 16.9 Å². The highest BCUT2D eigenvalue weighted by Crippen LogP contribution is 2.36. The molecule has 0 radical (unpaired) electrons. The number of methoxy groups -OCH3 is 1. The molecule has 0 aromatic heterocycles. The summed E-state index contributed by atoms with van der Waals surface area (Å²) in [7, 11) is 1.64. The van der Waals surface area contributed by atoms with Gasteiger partial charge in [0.25, 0.3) is 0 Å². The molecule has 1 aliphatic carbocycles. The molecule has 1 aromatic rings.